The van der Waals surface area contributed by atoms with E-state index in [4.69, 9.17) is 0 Å². The van der Waals surface area contributed by atoms with Crippen molar-refractivity contribution in [3.8, 4) is 0 Å². The molecular formula is C14H13BrN2O5. The number of halogens is 1. The second-order valence-electron chi connectivity index (χ2n) is 4.23. The number of fused-ring (bicyclic) bond motifs is 1. The number of amides is 1. The fraction of sp³-hybridized carbons (Fsp3) is 0.214. The SMILES string of the molecule is CCOC(=O)C(=O)Nc1c(C(=O)OC)[nH]c2ccc(Br)cc12. The van der Waals surface area contributed by atoms with E-state index in [0.717, 1.165) is 4.47 Å². The van der Waals surface area contributed by atoms with E-state index in [1.54, 1.807) is 25.1 Å². The molecule has 0 unspecified atom stereocenters. The molecule has 1 amide bonds. The van der Waals surface area contributed by atoms with Gasteiger partial charge in [0.15, 0.2) is 0 Å². The minimum atomic E-state index is -1.03. The first-order valence-electron chi connectivity index (χ1n) is 6.35. The summed E-state index contributed by atoms with van der Waals surface area (Å²) in [5, 5.41) is 2.96. The summed E-state index contributed by atoms with van der Waals surface area (Å²) in [4.78, 5) is 38.0. The van der Waals surface area contributed by atoms with Gasteiger partial charge in [0.25, 0.3) is 0 Å². The third kappa shape index (κ3) is 3.11. The van der Waals surface area contributed by atoms with E-state index in [0.29, 0.717) is 10.9 Å². The van der Waals surface area contributed by atoms with Gasteiger partial charge in [0.05, 0.1) is 19.4 Å². The number of aromatic nitrogens is 1. The van der Waals surface area contributed by atoms with Gasteiger partial charge in [-0.1, -0.05) is 15.9 Å². The largest absolute Gasteiger partial charge is 0.464 e. The van der Waals surface area contributed by atoms with Gasteiger partial charge < -0.3 is 19.8 Å². The number of ether oxygens (including phenoxy) is 2. The maximum absolute atomic E-state index is 11.8. The fourth-order valence-corrected chi connectivity index (χ4v) is 2.27. The van der Waals surface area contributed by atoms with Gasteiger partial charge in [0.1, 0.15) is 5.69 Å². The Morgan fingerprint density at radius 3 is 2.68 bits per heavy atom. The molecule has 0 spiro atoms. The summed E-state index contributed by atoms with van der Waals surface area (Å²) in [5.41, 5.74) is 0.831. The van der Waals surface area contributed by atoms with Crippen molar-refractivity contribution in [2.75, 3.05) is 19.0 Å². The van der Waals surface area contributed by atoms with Crippen LogP contribution in [0.15, 0.2) is 22.7 Å². The average Bonchev–Trinajstić information content (AvgIpc) is 2.84. The standard InChI is InChI=1S/C14H13BrN2O5/c1-3-22-14(20)12(18)17-10-8-6-7(15)4-5-9(8)16-11(10)13(19)21-2/h4-6,16H,3H2,1-2H3,(H,17,18). The number of anilines is 1. The number of H-pyrrole nitrogens is 1. The molecule has 0 fully saturated rings. The van der Waals surface area contributed by atoms with Crippen molar-refractivity contribution < 1.29 is 23.9 Å². The van der Waals surface area contributed by atoms with E-state index < -0.39 is 17.8 Å². The van der Waals surface area contributed by atoms with E-state index in [1.807, 2.05) is 0 Å². The highest BCUT2D eigenvalue weighted by molar-refractivity contribution is 9.10. The van der Waals surface area contributed by atoms with Crippen LogP contribution in [0, 0.1) is 0 Å². The number of hydrogen-bond acceptors (Lipinski definition) is 5. The summed E-state index contributed by atoms with van der Waals surface area (Å²) in [5.74, 6) is -2.65. The van der Waals surface area contributed by atoms with Crippen LogP contribution in [0.1, 0.15) is 17.4 Å². The minimum absolute atomic E-state index is 0.0493. The van der Waals surface area contributed by atoms with Crippen LogP contribution in [0.3, 0.4) is 0 Å². The van der Waals surface area contributed by atoms with Gasteiger partial charge in [0, 0.05) is 15.4 Å². The van der Waals surface area contributed by atoms with Crippen LogP contribution in [0.2, 0.25) is 0 Å². The molecule has 1 aromatic heterocycles. The molecule has 0 aliphatic rings. The van der Waals surface area contributed by atoms with Crippen LogP contribution in [-0.4, -0.2) is 36.5 Å². The monoisotopic (exact) mass is 368 g/mol. The number of aromatic amines is 1. The summed E-state index contributed by atoms with van der Waals surface area (Å²) in [7, 11) is 1.22. The van der Waals surface area contributed by atoms with Gasteiger partial charge >= 0.3 is 17.8 Å². The molecule has 2 aromatic rings. The molecule has 0 aliphatic heterocycles. The number of nitrogens with one attached hydrogen (secondary N) is 2. The lowest BCUT2D eigenvalue weighted by Crippen LogP contribution is -2.25. The first-order chi connectivity index (χ1) is 10.5. The Labute approximate surface area is 134 Å². The smallest absolute Gasteiger partial charge is 0.397 e. The zero-order valence-electron chi connectivity index (χ0n) is 11.9. The number of hydrogen-bond donors (Lipinski definition) is 2. The molecule has 8 heteroatoms. The van der Waals surface area contributed by atoms with Crippen molar-refractivity contribution in [1.29, 1.82) is 0 Å². The summed E-state index contributed by atoms with van der Waals surface area (Å²) in [6, 6.07) is 5.21. The van der Waals surface area contributed by atoms with Gasteiger partial charge in [-0.05, 0) is 25.1 Å². The normalized spacial score (nSPS) is 10.3. The lowest BCUT2D eigenvalue weighted by molar-refractivity contribution is -0.152. The maximum atomic E-state index is 11.8. The zero-order chi connectivity index (χ0) is 16.3. The number of esters is 2. The molecule has 0 saturated carbocycles. The molecule has 2 N–H and O–H groups in total. The van der Waals surface area contributed by atoms with Crippen molar-refractivity contribution in [3.63, 3.8) is 0 Å². The highest BCUT2D eigenvalue weighted by Crippen LogP contribution is 2.30. The summed E-state index contributed by atoms with van der Waals surface area (Å²) in [6.45, 7) is 1.67. The predicted octanol–water partition coefficient (Wildman–Crippen LogP) is 2.22. The molecule has 0 bridgehead atoms. The molecule has 0 aliphatic carbocycles. The number of carbonyl (C=O) groups excluding carboxylic acids is 3. The number of carbonyl (C=O) groups is 3. The molecule has 2 rings (SSSR count). The molecule has 0 saturated heterocycles. The van der Waals surface area contributed by atoms with Crippen molar-refractivity contribution in [2.24, 2.45) is 0 Å². The highest BCUT2D eigenvalue weighted by atomic mass is 79.9. The Morgan fingerprint density at radius 2 is 2.05 bits per heavy atom. The van der Waals surface area contributed by atoms with E-state index in [2.05, 4.69) is 35.7 Å². The van der Waals surface area contributed by atoms with Gasteiger partial charge in [-0.15, -0.1) is 0 Å². The van der Waals surface area contributed by atoms with Crippen LogP contribution in [0.4, 0.5) is 5.69 Å². The van der Waals surface area contributed by atoms with Gasteiger partial charge in [-0.25, -0.2) is 9.59 Å². The Bertz CT molecular complexity index is 753. The molecule has 116 valence electrons. The van der Waals surface area contributed by atoms with E-state index in [-0.39, 0.29) is 18.0 Å². The molecular weight excluding hydrogens is 356 g/mol. The number of benzene rings is 1. The van der Waals surface area contributed by atoms with Crippen LogP contribution < -0.4 is 5.32 Å². The lowest BCUT2D eigenvalue weighted by atomic mass is 10.2. The molecule has 1 aromatic carbocycles. The Balaban J connectivity index is 2.49. The lowest BCUT2D eigenvalue weighted by Gasteiger charge is -2.06. The molecule has 1 heterocycles. The quantitative estimate of drug-likeness (QED) is 0.639. The molecule has 0 radical (unpaired) electrons. The zero-order valence-corrected chi connectivity index (χ0v) is 13.4. The van der Waals surface area contributed by atoms with Gasteiger partial charge in [0.2, 0.25) is 0 Å². The minimum Gasteiger partial charge on any atom is -0.464 e. The topological polar surface area (TPSA) is 97.5 Å². The van der Waals surface area contributed by atoms with E-state index in [1.165, 1.54) is 7.11 Å². The van der Waals surface area contributed by atoms with E-state index >= 15 is 0 Å². The third-order valence-corrected chi connectivity index (χ3v) is 3.34. The Kier molecular flexibility index (Phi) is 4.81. The second-order valence-corrected chi connectivity index (χ2v) is 5.15. The molecule has 22 heavy (non-hydrogen) atoms. The summed E-state index contributed by atoms with van der Waals surface area (Å²) in [6.07, 6.45) is 0. The number of methoxy groups -OCH3 is 1. The first-order valence-corrected chi connectivity index (χ1v) is 7.14. The maximum Gasteiger partial charge on any atom is 0.397 e. The summed E-state index contributed by atoms with van der Waals surface area (Å²) >= 11 is 3.32. The van der Waals surface area contributed by atoms with E-state index in [9.17, 15) is 14.4 Å². The Hall–Kier alpha value is -2.35. The third-order valence-electron chi connectivity index (χ3n) is 2.85. The molecule has 0 atom stereocenters. The van der Waals surface area contributed by atoms with Crippen LogP contribution in [0.5, 0.6) is 0 Å². The Morgan fingerprint density at radius 1 is 1.32 bits per heavy atom. The highest BCUT2D eigenvalue weighted by Gasteiger charge is 2.23. The van der Waals surface area contributed by atoms with Crippen molar-refractivity contribution in [3.05, 3.63) is 28.4 Å². The van der Waals surface area contributed by atoms with Gasteiger partial charge in [-0.2, -0.15) is 0 Å². The van der Waals surface area contributed by atoms with Crippen molar-refractivity contribution >= 4 is 50.4 Å². The van der Waals surface area contributed by atoms with Crippen molar-refractivity contribution in [1.82, 2.24) is 4.98 Å². The average molecular weight is 369 g/mol. The van der Waals surface area contributed by atoms with Crippen LogP contribution >= 0.6 is 15.9 Å². The second kappa shape index (κ2) is 6.61. The number of rotatable bonds is 3. The van der Waals surface area contributed by atoms with Crippen molar-refractivity contribution in [2.45, 2.75) is 6.92 Å². The van der Waals surface area contributed by atoms with Crippen LogP contribution in [-0.2, 0) is 19.1 Å². The predicted molar refractivity (Wildman–Crippen MR) is 82.6 cm³/mol. The molecule has 7 nitrogen and oxygen atoms in total. The van der Waals surface area contributed by atoms with Crippen LogP contribution in [0.25, 0.3) is 10.9 Å². The van der Waals surface area contributed by atoms with Gasteiger partial charge in [-0.3, -0.25) is 4.79 Å². The summed E-state index contributed by atoms with van der Waals surface area (Å²) < 4.78 is 10.1. The fourth-order valence-electron chi connectivity index (χ4n) is 1.91. The first kappa shape index (κ1) is 16.0.